The van der Waals surface area contributed by atoms with Gasteiger partial charge in [-0.2, -0.15) is 16.7 Å². The molecule has 3 rings (SSSR count). The van der Waals surface area contributed by atoms with Crippen molar-refractivity contribution in [3.63, 3.8) is 0 Å². The Morgan fingerprint density at radius 3 is 3.00 bits per heavy atom. The summed E-state index contributed by atoms with van der Waals surface area (Å²) in [6, 6.07) is 5.38. The number of aromatic hydroxyl groups is 1. The molecule has 1 N–H and O–H groups in total. The van der Waals surface area contributed by atoms with Gasteiger partial charge in [-0.25, -0.2) is 0 Å². The zero-order valence-electron chi connectivity index (χ0n) is 10.2. The highest BCUT2D eigenvalue weighted by atomic mass is 127. The first-order valence-electron chi connectivity index (χ1n) is 6.18. The summed E-state index contributed by atoms with van der Waals surface area (Å²) in [5.74, 6) is 2.66. The topological polar surface area (TPSA) is 59.2 Å². The van der Waals surface area contributed by atoms with Crippen molar-refractivity contribution < 1.29 is 9.63 Å². The van der Waals surface area contributed by atoms with Crippen molar-refractivity contribution in [2.75, 3.05) is 5.75 Å². The fourth-order valence-corrected chi connectivity index (χ4v) is 3.64. The van der Waals surface area contributed by atoms with E-state index in [0.717, 1.165) is 21.4 Å². The summed E-state index contributed by atoms with van der Waals surface area (Å²) in [7, 11) is 0. The molecule has 2 aromatic rings. The molecule has 0 amide bonds. The molecule has 1 aromatic carbocycles. The van der Waals surface area contributed by atoms with E-state index in [0.29, 0.717) is 11.1 Å². The van der Waals surface area contributed by atoms with E-state index in [1.54, 1.807) is 6.07 Å². The molecule has 1 aliphatic rings. The largest absolute Gasteiger partial charge is 0.507 e. The number of halogens is 1. The second-order valence-corrected chi connectivity index (χ2v) is 6.95. The molecule has 1 aromatic heterocycles. The molecule has 0 aliphatic carbocycles. The Balaban J connectivity index is 1.85. The number of aromatic nitrogens is 2. The van der Waals surface area contributed by atoms with E-state index in [1.807, 2.05) is 23.9 Å². The summed E-state index contributed by atoms with van der Waals surface area (Å²) in [5, 5.41) is 14.1. The van der Waals surface area contributed by atoms with Gasteiger partial charge in [0.2, 0.25) is 0 Å². The number of hydrogen-bond donors (Lipinski definition) is 1. The Kier molecular flexibility index (Phi) is 3.97. The van der Waals surface area contributed by atoms with Crippen molar-refractivity contribution in [3.8, 4) is 17.2 Å². The molecule has 19 heavy (non-hydrogen) atoms. The third-order valence-corrected chi connectivity index (χ3v) is 5.39. The Hall–Kier alpha value is -0.760. The van der Waals surface area contributed by atoms with Gasteiger partial charge in [0.25, 0.3) is 5.89 Å². The fourth-order valence-electron chi connectivity index (χ4n) is 2.07. The van der Waals surface area contributed by atoms with Crippen molar-refractivity contribution in [1.29, 1.82) is 0 Å². The van der Waals surface area contributed by atoms with Gasteiger partial charge >= 0.3 is 0 Å². The van der Waals surface area contributed by atoms with Crippen LogP contribution in [0.5, 0.6) is 5.75 Å². The predicted octanol–water partition coefficient (Wildman–Crippen LogP) is 4.01. The summed E-state index contributed by atoms with van der Waals surface area (Å²) in [5.41, 5.74) is 0.762. The van der Waals surface area contributed by atoms with Crippen LogP contribution >= 0.6 is 34.4 Å². The van der Waals surface area contributed by atoms with Crippen LogP contribution in [0.4, 0.5) is 0 Å². The van der Waals surface area contributed by atoms with Gasteiger partial charge < -0.3 is 9.63 Å². The molecule has 100 valence electrons. The molecular weight excluding hydrogens is 375 g/mol. The molecule has 1 fully saturated rings. The van der Waals surface area contributed by atoms with E-state index in [4.69, 9.17) is 4.52 Å². The SMILES string of the molecule is Oc1cc(-c2nc(C3CCCCS3)no2)ccc1I. The number of phenolic OH excluding ortho intramolecular Hbond substituents is 1. The first kappa shape index (κ1) is 13.2. The van der Waals surface area contributed by atoms with Gasteiger partial charge in [-0.15, -0.1) is 0 Å². The number of nitrogens with zero attached hydrogens (tertiary/aromatic N) is 2. The van der Waals surface area contributed by atoms with Crippen molar-refractivity contribution in [2.45, 2.75) is 24.5 Å². The van der Waals surface area contributed by atoms with Gasteiger partial charge in [0, 0.05) is 5.56 Å². The van der Waals surface area contributed by atoms with Gasteiger partial charge in [0.05, 0.1) is 8.82 Å². The van der Waals surface area contributed by atoms with E-state index in [1.165, 1.54) is 18.6 Å². The Morgan fingerprint density at radius 2 is 2.26 bits per heavy atom. The number of benzene rings is 1. The van der Waals surface area contributed by atoms with E-state index < -0.39 is 0 Å². The minimum atomic E-state index is 0.241. The minimum absolute atomic E-state index is 0.241. The second kappa shape index (κ2) is 5.70. The molecule has 1 unspecified atom stereocenters. The van der Waals surface area contributed by atoms with Crippen LogP contribution in [-0.2, 0) is 0 Å². The molecule has 0 saturated carbocycles. The van der Waals surface area contributed by atoms with Crippen LogP contribution in [0.25, 0.3) is 11.5 Å². The van der Waals surface area contributed by atoms with Crippen LogP contribution < -0.4 is 0 Å². The lowest BCUT2D eigenvalue weighted by molar-refractivity contribution is 0.419. The molecule has 0 spiro atoms. The summed E-state index contributed by atoms with van der Waals surface area (Å²) in [4.78, 5) is 4.46. The van der Waals surface area contributed by atoms with E-state index in [-0.39, 0.29) is 5.75 Å². The normalized spacial score (nSPS) is 19.5. The van der Waals surface area contributed by atoms with Crippen LogP contribution in [-0.4, -0.2) is 21.0 Å². The van der Waals surface area contributed by atoms with Gasteiger partial charge in [0.15, 0.2) is 5.82 Å². The van der Waals surface area contributed by atoms with Crippen molar-refractivity contribution in [3.05, 3.63) is 27.6 Å². The second-order valence-electron chi connectivity index (χ2n) is 4.48. The van der Waals surface area contributed by atoms with Gasteiger partial charge in [-0.05, 0) is 59.4 Å². The van der Waals surface area contributed by atoms with Gasteiger partial charge in [-0.1, -0.05) is 11.6 Å². The Bertz CT molecular complexity index is 582. The molecule has 2 heterocycles. The first-order chi connectivity index (χ1) is 9.24. The Morgan fingerprint density at radius 1 is 1.37 bits per heavy atom. The standard InChI is InChI=1S/C13H13IN2O2S/c14-9-5-4-8(7-10(9)17)13-15-12(16-18-13)11-3-1-2-6-19-11/h4-5,7,11,17H,1-3,6H2. The molecule has 1 aliphatic heterocycles. The maximum Gasteiger partial charge on any atom is 0.258 e. The fraction of sp³-hybridized carbons (Fsp3) is 0.385. The van der Waals surface area contributed by atoms with Crippen molar-refractivity contribution in [2.24, 2.45) is 0 Å². The Labute approximate surface area is 129 Å². The number of hydrogen-bond acceptors (Lipinski definition) is 5. The number of thioether (sulfide) groups is 1. The van der Waals surface area contributed by atoms with Crippen LogP contribution in [0.1, 0.15) is 30.3 Å². The molecule has 6 heteroatoms. The zero-order chi connectivity index (χ0) is 13.2. The monoisotopic (exact) mass is 388 g/mol. The number of phenols is 1. The van der Waals surface area contributed by atoms with Gasteiger partial charge in [-0.3, -0.25) is 0 Å². The lowest BCUT2D eigenvalue weighted by Crippen LogP contribution is -2.03. The third kappa shape index (κ3) is 2.89. The zero-order valence-corrected chi connectivity index (χ0v) is 13.1. The third-order valence-electron chi connectivity index (χ3n) is 3.10. The smallest absolute Gasteiger partial charge is 0.258 e. The van der Waals surface area contributed by atoms with Crippen molar-refractivity contribution in [1.82, 2.24) is 10.1 Å². The highest BCUT2D eigenvalue weighted by Gasteiger charge is 2.22. The van der Waals surface area contributed by atoms with Crippen LogP contribution in [0.2, 0.25) is 0 Å². The predicted molar refractivity (Wildman–Crippen MR) is 83.2 cm³/mol. The first-order valence-corrected chi connectivity index (χ1v) is 8.31. The summed E-state index contributed by atoms with van der Waals surface area (Å²) in [6.45, 7) is 0. The maximum absolute atomic E-state index is 9.72. The highest BCUT2D eigenvalue weighted by Crippen LogP contribution is 2.37. The molecule has 0 radical (unpaired) electrons. The number of rotatable bonds is 2. The maximum atomic E-state index is 9.72. The molecule has 4 nitrogen and oxygen atoms in total. The van der Waals surface area contributed by atoms with E-state index >= 15 is 0 Å². The average molecular weight is 388 g/mol. The highest BCUT2D eigenvalue weighted by molar-refractivity contribution is 14.1. The molecule has 0 bridgehead atoms. The molecule has 1 atom stereocenters. The van der Waals surface area contributed by atoms with Crippen LogP contribution in [0.3, 0.4) is 0 Å². The summed E-state index contributed by atoms with van der Waals surface area (Å²) < 4.78 is 6.12. The molecular formula is C13H13IN2O2S. The van der Waals surface area contributed by atoms with Crippen LogP contribution in [0, 0.1) is 3.57 Å². The minimum Gasteiger partial charge on any atom is -0.507 e. The summed E-state index contributed by atoms with van der Waals surface area (Å²) >= 11 is 3.98. The van der Waals surface area contributed by atoms with E-state index in [2.05, 4.69) is 32.7 Å². The van der Waals surface area contributed by atoms with Gasteiger partial charge in [0.1, 0.15) is 5.75 Å². The lowest BCUT2D eigenvalue weighted by Gasteiger charge is -2.17. The quantitative estimate of drug-likeness (QED) is 0.788. The summed E-state index contributed by atoms with van der Waals surface area (Å²) in [6.07, 6.45) is 3.62. The lowest BCUT2D eigenvalue weighted by atomic mass is 10.2. The average Bonchev–Trinajstić information content (AvgIpc) is 2.93. The van der Waals surface area contributed by atoms with Crippen LogP contribution in [0.15, 0.2) is 22.7 Å². The molecule has 1 saturated heterocycles. The van der Waals surface area contributed by atoms with Crippen molar-refractivity contribution >= 4 is 34.4 Å². The van der Waals surface area contributed by atoms with E-state index in [9.17, 15) is 5.11 Å².